The van der Waals surface area contributed by atoms with Crippen LogP contribution in [0.2, 0.25) is 0 Å². The molecule has 10 atom stereocenters. The van der Waals surface area contributed by atoms with E-state index in [0.29, 0.717) is 29.6 Å². The van der Waals surface area contributed by atoms with Gasteiger partial charge in [-0.15, -0.1) is 0 Å². The second kappa shape index (κ2) is 8.29. The molecule has 0 spiro atoms. The quantitative estimate of drug-likeness (QED) is 0.505. The summed E-state index contributed by atoms with van der Waals surface area (Å²) in [7, 11) is 0. The minimum Gasteiger partial charge on any atom is -0.393 e. The summed E-state index contributed by atoms with van der Waals surface area (Å²) in [6, 6.07) is 0. The van der Waals surface area contributed by atoms with Crippen LogP contribution >= 0.6 is 0 Å². The molecule has 0 bridgehead atoms. The molecule has 4 aliphatic carbocycles. The fourth-order valence-corrected chi connectivity index (χ4v) is 8.60. The minimum absolute atomic E-state index is 0.0933. The fraction of sp³-hybridized carbons (Fsp3) is 0.857. The Morgan fingerprint density at radius 2 is 1.81 bits per heavy atom. The summed E-state index contributed by atoms with van der Waals surface area (Å²) in [6.45, 7) is 15.8. The fourth-order valence-electron chi connectivity index (χ4n) is 8.60. The zero-order valence-corrected chi connectivity index (χ0v) is 20.5. The maximum Gasteiger partial charge on any atom is 0.0757 e. The summed E-state index contributed by atoms with van der Waals surface area (Å²) in [6.07, 6.45) is 9.01. The maximum atomic E-state index is 11.3. The third-order valence-corrected chi connectivity index (χ3v) is 10.6. The molecule has 0 radical (unpaired) electrons. The highest BCUT2D eigenvalue weighted by Crippen LogP contribution is 2.67. The van der Waals surface area contributed by atoms with E-state index in [1.54, 1.807) is 0 Å². The summed E-state index contributed by atoms with van der Waals surface area (Å²) in [5, 5.41) is 32.8. The van der Waals surface area contributed by atoms with Crippen LogP contribution in [0, 0.1) is 46.3 Å². The minimum atomic E-state index is -0.440. The molecule has 3 unspecified atom stereocenters. The van der Waals surface area contributed by atoms with Gasteiger partial charge in [-0.25, -0.2) is 0 Å². The third-order valence-electron chi connectivity index (χ3n) is 10.6. The Hall–Kier alpha value is -0.640. The molecule has 0 aromatic carbocycles. The van der Waals surface area contributed by atoms with E-state index >= 15 is 0 Å². The number of fused-ring (bicyclic) bond motifs is 5. The predicted molar refractivity (Wildman–Crippen MR) is 126 cm³/mol. The molecule has 0 aliphatic heterocycles. The molecule has 3 heteroatoms. The van der Waals surface area contributed by atoms with Crippen molar-refractivity contribution >= 4 is 0 Å². The summed E-state index contributed by atoms with van der Waals surface area (Å²) in [5.41, 5.74) is 2.81. The van der Waals surface area contributed by atoms with E-state index in [9.17, 15) is 15.3 Å². The van der Waals surface area contributed by atoms with Gasteiger partial charge in [0.15, 0.2) is 0 Å². The van der Waals surface area contributed by atoms with E-state index in [1.165, 1.54) is 11.1 Å². The first kappa shape index (κ1) is 23.5. The van der Waals surface area contributed by atoms with E-state index in [1.807, 2.05) is 0 Å². The number of allylic oxidation sites excluding steroid dienone is 1. The van der Waals surface area contributed by atoms with Crippen LogP contribution in [0.4, 0.5) is 0 Å². The molecule has 0 heterocycles. The Labute approximate surface area is 190 Å². The zero-order valence-electron chi connectivity index (χ0n) is 20.5. The lowest BCUT2D eigenvalue weighted by atomic mass is 9.46. The van der Waals surface area contributed by atoms with Crippen LogP contribution in [0.25, 0.3) is 0 Å². The van der Waals surface area contributed by atoms with Crippen molar-refractivity contribution in [2.24, 2.45) is 46.3 Å². The van der Waals surface area contributed by atoms with E-state index in [4.69, 9.17) is 0 Å². The molecule has 4 aliphatic rings. The lowest BCUT2D eigenvalue weighted by molar-refractivity contribution is -0.0987. The van der Waals surface area contributed by atoms with Crippen molar-refractivity contribution in [3.63, 3.8) is 0 Å². The molecule has 176 valence electrons. The van der Waals surface area contributed by atoms with Gasteiger partial charge < -0.3 is 15.3 Å². The molecule has 0 aromatic heterocycles. The van der Waals surface area contributed by atoms with E-state index in [-0.39, 0.29) is 29.0 Å². The second-order valence-corrected chi connectivity index (χ2v) is 12.5. The van der Waals surface area contributed by atoms with Crippen LogP contribution in [0.15, 0.2) is 23.8 Å². The first-order chi connectivity index (χ1) is 14.5. The second-order valence-electron chi connectivity index (χ2n) is 12.5. The average molecular weight is 431 g/mol. The zero-order chi connectivity index (χ0) is 22.7. The van der Waals surface area contributed by atoms with E-state index in [2.05, 4.69) is 47.3 Å². The Kier molecular flexibility index (Phi) is 6.29. The standard InChI is InChI=1S/C28H46O3/c1-16(2)17(3)7-8-18(4)26-24(31)15-22-25-21(10-12-28(22,26)6)27(5)11-9-20(29)13-19(27)14-23(25)30/h14,16,18,20-26,29-31H,3,7-13,15H2,1-2,4-6H3/t18-,20+,21?,22?,23+,24+,25?,26+,27+,28+/m1/s1. The van der Waals surface area contributed by atoms with Gasteiger partial charge in [-0.2, -0.15) is 0 Å². The van der Waals surface area contributed by atoms with Gasteiger partial charge in [0.1, 0.15) is 0 Å². The average Bonchev–Trinajstić information content (AvgIpc) is 2.97. The first-order valence-electron chi connectivity index (χ1n) is 12.9. The third kappa shape index (κ3) is 3.77. The number of hydrogen-bond acceptors (Lipinski definition) is 3. The smallest absolute Gasteiger partial charge is 0.0757 e. The maximum absolute atomic E-state index is 11.3. The molecule has 3 fully saturated rings. The summed E-state index contributed by atoms with van der Waals surface area (Å²) in [4.78, 5) is 0. The molecule has 3 nitrogen and oxygen atoms in total. The molecule has 31 heavy (non-hydrogen) atoms. The molecule has 4 rings (SSSR count). The number of aliphatic hydroxyl groups is 3. The molecular weight excluding hydrogens is 384 g/mol. The van der Waals surface area contributed by atoms with Crippen LogP contribution < -0.4 is 0 Å². The van der Waals surface area contributed by atoms with Crippen LogP contribution in [0.5, 0.6) is 0 Å². The molecule has 3 saturated carbocycles. The molecule has 3 N–H and O–H groups in total. The summed E-state index contributed by atoms with van der Waals surface area (Å²) < 4.78 is 0. The largest absolute Gasteiger partial charge is 0.393 e. The van der Waals surface area contributed by atoms with Crippen LogP contribution in [0.1, 0.15) is 86.0 Å². The SMILES string of the molecule is C=C(CC[C@@H](C)[C@H]1[C@@H](O)CC2C3C(CC[C@@]21C)[C@@]1(C)CC[C@H](O)CC1=C[C@@H]3O)C(C)C. The normalized spacial score (nSPS) is 47.9. The molecule has 0 aromatic rings. The Balaban J connectivity index is 1.58. The van der Waals surface area contributed by atoms with Crippen molar-refractivity contribution in [1.29, 1.82) is 0 Å². The van der Waals surface area contributed by atoms with Gasteiger partial charge in [-0.05, 0) is 97.7 Å². The van der Waals surface area contributed by atoms with Gasteiger partial charge in [-0.1, -0.05) is 58.4 Å². The van der Waals surface area contributed by atoms with Crippen molar-refractivity contribution in [1.82, 2.24) is 0 Å². The number of rotatable bonds is 5. The molecule has 0 saturated heterocycles. The van der Waals surface area contributed by atoms with Gasteiger partial charge in [-0.3, -0.25) is 0 Å². The van der Waals surface area contributed by atoms with Crippen molar-refractivity contribution < 1.29 is 15.3 Å². The molecular formula is C28H46O3. The van der Waals surface area contributed by atoms with Crippen LogP contribution in [-0.2, 0) is 0 Å². The monoisotopic (exact) mass is 430 g/mol. The summed E-state index contributed by atoms with van der Waals surface area (Å²) in [5.74, 6) is 2.36. The van der Waals surface area contributed by atoms with Crippen molar-refractivity contribution in [2.45, 2.75) is 104 Å². The van der Waals surface area contributed by atoms with Gasteiger partial charge in [0.2, 0.25) is 0 Å². The van der Waals surface area contributed by atoms with Crippen molar-refractivity contribution in [3.8, 4) is 0 Å². The lowest BCUT2D eigenvalue weighted by Crippen LogP contribution is -2.55. The Bertz CT molecular complexity index is 726. The highest BCUT2D eigenvalue weighted by atomic mass is 16.3. The number of hydrogen-bond donors (Lipinski definition) is 3. The first-order valence-corrected chi connectivity index (χ1v) is 12.9. The van der Waals surface area contributed by atoms with Crippen molar-refractivity contribution in [2.75, 3.05) is 0 Å². The van der Waals surface area contributed by atoms with E-state index < -0.39 is 6.10 Å². The topological polar surface area (TPSA) is 60.7 Å². The van der Waals surface area contributed by atoms with E-state index in [0.717, 1.165) is 51.4 Å². The predicted octanol–water partition coefficient (Wildman–Crippen LogP) is 5.50. The summed E-state index contributed by atoms with van der Waals surface area (Å²) >= 11 is 0. The molecule has 0 amide bonds. The van der Waals surface area contributed by atoms with Gasteiger partial charge >= 0.3 is 0 Å². The highest BCUT2D eigenvalue weighted by molar-refractivity contribution is 5.28. The number of aliphatic hydroxyl groups excluding tert-OH is 3. The van der Waals surface area contributed by atoms with Crippen LogP contribution in [0.3, 0.4) is 0 Å². The Morgan fingerprint density at radius 3 is 2.48 bits per heavy atom. The van der Waals surface area contributed by atoms with Gasteiger partial charge in [0.05, 0.1) is 18.3 Å². The van der Waals surface area contributed by atoms with Gasteiger partial charge in [0, 0.05) is 0 Å². The lowest BCUT2D eigenvalue weighted by Gasteiger charge is -2.59. The van der Waals surface area contributed by atoms with Crippen molar-refractivity contribution in [3.05, 3.63) is 23.8 Å². The van der Waals surface area contributed by atoms with Crippen LogP contribution in [-0.4, -0.2) is 33.6 Å². The Morgan fingerprint density at radius 1 is 1.10 bits per heavy atom. The highest BCUT2D eigenvalue weighted by Gasteiger charge is 2.63. The van der Waals surface area contributed by atoms with Gasteiger partial charge in [0.25, 0.3) is 0 Å².